The average molecular weight is 630 g/mol. The molecule has 0 aliphatic carbocycles. The molecule has 0 saturated heterocycles. The summed E-state index contributed by atoms with van der Waals surface area (Å²) >= 11 is 1.86. The summed E-state index contributed by atoms with van der Waals surface area (Å²) in [5, 5.41) is 5.10. The lowest BCUT2D eigenvalue weighted by Crippen LogP contribution is -2.10. The maximum Gasteiger partial charge on any atom is 0.0554 e. The van der Waals surface area contributed by atoms with Crippen LogP contribution in [0.5, 0.6) is 0 Å². The number of anilines is 3. The molecule has 0 spiro atoms. The molecular formula is C46H31NS. The van der Waals surface area contributed by atoms with Crippen LogP contribution in [0.1, 0.15) is 0 Å². The van der Waals surface area contributed by atoms with Gasteiger partial charge in [-0.15, -0.1) is 11.3 Å². The van der Waals surface area contributed by atoms with Crippen LogP contribution in [-0.2, 0) is 0 Å². The predicted octanol–water partition coefficient (Wildman–Crippen LogP) is 13.7. The van der Waals surface area contributed by atoms with Crippen molar-refractivity contribution in [2.45, 2.75) is 0 Å². The molecule has 0 aliphatic rings. The fraction of sp³-hybridized carbons (Fsp3) is 0. The normalized spacial score (nSPS) is 11.3. The molecule has 0 amide bonds. The third-order valence-corrected chi connectivity index (χ3v) is 10.4. The summed E-state index contributed by atoms with van der Waals surface area (Å²) in [4.78, 5) is 2.41. The Morgan fingerprint density at radius 3 is 1.42 bits per heavy atom. The smallest absolute Gasteiger partial charge is 0.0554 e. The number of hydrogen-bond donors (Lipinski definition) is 0. The minimum Gasteiger partial charge on any atom is -0.310 e. The third-order valence-electron chi connectivity index (χ3n) is 9.30. The number of thiophene rings is 1. The van der Waals surface area contributed by atoms with Crippen molar-refractivity contribution in [1.82, 2.24) is 0 Å². The molecule has 0 bridgehead atoms. The van der Waals surface area contributed by atoms with E-state index in [2.05, 4.69) is 193 Å². The minimum absolute atomic E-state index is 1.12. The van der Waals surface area contributed by atoms with Crippen LogP contribution in [0.2, 0.25) is 0 Å². The van der Waals surface area contributed by atoms with E-state index in [1.165, 1.54) is 70.0 Å². The molecule has 0 unspecified atom stereocenters. The molecule has 1 aromatic heterocycles. The van der Waals surface area contributed by atoms with Gasteiger partial charge in [0.2, 0.25) is 0 Å². The molecule has 9 aromatic rings. The molecule has 48 heavy (non-hydrogen) atoms. The molecule has 0 aliphatic heterocycles. The van der Waals surface area contributed by atoms with Crippen molar-refractivity contribution in [3.63, 3.8) is 0 Å². The highest BCUT2D eigenvalue weighted by Crippen LogP contribution is 2.45. The first kappa shape index (κ1) is 28.3. The van der Waals surface area contributed by atoms with E-state index < -0.39 is 0 Å². The number of hydrogen-bond acceptors (Lipinski definition) is 2. The van der Waals surface area contributed by atoms with Crippen LogP contribution in [0.25, 0.3) is 64.3 Å². The highest BCUT2D eigenvalue weighted by atomic mass is 32.1. The van der Waals surface area contributed by atoms with Crippen molar-refractivity contribution in [2.24, 2.45) is 0 Å². The Kier molecular flexibility index (Phi) is 7.07. The zero-order valence-electron chi connectivity index (χ0n) is 26.3. The van der Waals surface area contributed by atoms with Gasteiger partial charge in [-0.1, -0.05) is 146 Å². The summed E-state index contributed by atoms with van der Waals surface area (Å²) < 4.78 is 2.60. The largest absolute Gasteiger partial charge is 0.310 e. The zero-order chi connectivity index (χ0) is 31.9. The molecule has 0 fully saturated rings. The average Bonchev–Trinajstić information content (AvgIpc) is 3.55. The fourth-order valence-corrected chi connectivity index (χ4v) is 8.15. The van der Waals surface area contributed by atoms with Crippen LogP contribution >= 0.6 is 11.3 Å². The van der Waals surface area contributed by atoms with Crippen LogP contribution in [0.15, 0.2) is 188 Å². The lowest BCUT2D eigenvalue weighted by Gasteiger charge is -2.27. The van der Waals surface area contributed by atoms with Gasteiger partial charge in [0, 0.05) is 31.5 Å². The van der Waals surface area contributed by atoms with Crippen molar-refractivity contribution in [3.8, 4) is 33.4 Å². The number of fused-ring (bicyclic) bond motifs is 4. The van der Waals surface area contributed by atoms with Crippen molar-refractivity contribution in [1.29, 1.82) is 0 Å². The highest BCUT2D eigenvalue weighted by molar-refractivity contribution is 7.26. The van der Waals surface area contributed by atoms with Gasteiger partial charge in [0.1, 0.15) is 0 Å². The Balaban J connectivity index is 1.18. The van der Waals surface area contributed by atoms with Crippen LogP contribution in [-0.4, -0.2) is 0 Å². The SMILES string of the molecule is c1ccc(-c2ccc(N(c3ccc(-c4cccc5c(-c6ccccc6)cccc45)cc3)c3cccc4sc5ccccc5c34)cc2)cc1. The first-order valence-corrected chi connectivity index (χ1v) is 17.2. The summed E-state index contributed by atoms with van der Waals surface area (Å²) in [6.45, 7) is 0. The molecule has 9 rings (SSSR count). The van der Waals surface area contributed by atoms with E-state index >= 15 is 0 Å². The second kappa shape index (κ2) is 12.0. The molecule has 1 nitrogen and oxygen atoms in total. The van der Waals surface area contributed by atoms with Crippen molar-refractivity contribution in [2.75, 3.05) is 4.90 Å². The van der Waals surface area contributed by atoms with Gasteiger partial charge >= 0.3 is 0 Å². The van der Waals surface area contributed by atoms with Crippen LogP contribution in [0, 0.1) is 0 Å². The summed E-state index contributed by atoms with van der Waals surface area (Å²) in [6.07, 6.45) is 0. The Morgan fingerprint density at radius 2 is 0.771 bits per heavy atom. The summed E-state index contributed by atoms with van der Waals surface area (Å²) in [7, 11) is 0. The van der Waals surface area contributed by atoms with Crippen molar-refractivity contribution in [3.05, 3.63) is 188 Å². The molecular weight excluding hydrogens is 599 g/mol. The fourth-order valence-electron chi connectivity index (χ4n) is 7.02. The van der Waals surface area contributed by atoms with E-state index in [1.807, 2.05) is 11.3 Å². The van der Waals surface area contributed by atoms with Crippen LogP contribution in [0.3, 0.4) is 0 Å². The van der Waals surface area contributed by atoms with E-state index in [0.717, 1.165) is 11.4 Å². The maximum atomic E-state index is 2.41. The van der Waals surface area contributed by atoms with Gasteiger partial charge in [0.15, 0.2) is 0 Å². The van der Waals surface area contributed by atoms with E-state index in [1.54, 1.807) is 0 Å². The number of rotatable bonds is 6. The Morgan fingerprint density at radius 1 is 0.312 bits per heavy atom. The molecule has 2 heteroatoms. The standard InChI is InChI=1S/C46H31NS/c1-3-12-32(13-4-1)33-24-28-36(29-25-33)47(43-21-11-23-45-46(43)42-16-7-8-22-44(42)48-45)37-30-26-35(27-31-37)39-18-10-19-40-38(17-9-20-41(39)40)34-14-5-2-6-15-34/h1-31H. The molecule has 0 radical (unpaired) electrons. The Bertz CT molecular complexity index is 2530. The summed E-state index contributed by atoms with van der Waals surface area (Å²) in [6, 6.07) is 68.1. The quantitative estimate of drug-likeness (QED) is 0.177. The molecule has 0 saturated carbocycles. The van der Waals surface area contributed by atoms with E-state index in [9.17, 15) is 0 Å². The second-order valence-corrected chi connectivity index (χ2v) is 13.2. The molecule has 8 aromatic carbocycles. The lowest BCUT2D eigenvalue weighted by molar-refractivity contribution is 1.30. The third kappa shape index (κ3) is 4.95. The Labute approximate surface area is 284 Å². The van der Waals surface area contributed by atoms with E-state index in [0.29, 0.717) is 0 Å². The molecule has 226 valence electrons. The highest BCUT2D eigenvalue weighted by Gasteiger charge is 2.19. The van der Waals surface area contributed by atoms with E-state index in [-0.39, 0.29) is 0 Å². The van der Waals surface area contributed by atoms with Crippen molar-refractivity contribution < 1.29 is 0 Å². The second-order valence-electron chi connectivity index (χ2n) is 12.1. The minimum atomic E-state index is 1.12. The predicted molar refractivity (Wildman–Crippen MR) is 208 cm³/mol. The number of nitrogens with zero attached hydrogens (tertiary/aromatic N) is 1. The van der Waals surface area contributed by atoms with Gasteiger partial charge in [0.25, 0.3) is 0 Å². The van der Waals surface area contributed by atoms with Gasteiger partial charge in [-0.2, -0.15) is 0 Å². The van der Waals surface area contributed by atoms with Gasteiger partial charge in [0.05, 0.1) is 5.69 Å². The van der Waals surface area contributed by atoms with Gasteiger partial charge in [-0.25, -0.2) is 0 Å². The zero-order valence-corrected chi connectivity index (χ0v) is 27.1. The lowest BCUT2D eigenvalue weighted by atomic mass is 9.93. The van der Waals surface area contributed by atoms with Gasteiger partial charge in [-0.05, 0) is 86.6 Å². The monoisotopic (exact) mass is 629 g/mol. The topological polar surface area (TPSA) is 3.24 Å². The summed E-state index contributed by atoms with van der Waals surface area (Å²) in [5.41, 5.74) is 10.8. The van der Waals surface area contributed by atoms with E-state index in [4.69, 9.17) is 0 Å². The molecule has 0 atom stereocenters. The first-order chi connectivity index (χ1) is 23.8. The van der Waals surface area contributed by atoms with Crippen molar-refractivity contribution >= 4 is 59.3 Å². The first-order valence-electron chi connectivity index (χ1n) is 16.4. The van der Waals surface area contributed by atoms with Gasteiger partial charge < -0.3 is 4.90 Å². The maximum absolute atomic E-state index is 2.41. The van der Waals surface area contributed by atoms with Gasteiger partial charge in [-0.3, -0.25) is 0 Å². The molecule has 1 heterocycles. The summed E-state index contributed by atoms with van der Waals surface area (Å²) in [5.74, 6) is 0. The number of benzene rings is 8. The Hall–Kier alpha value is -5.96. The molecule has 0 N–H and O–H groups in total. The van der Waals surface area contributed by atoms with Crippen LogP contribution < -0.4 is 4.90 Å². The van der Waals surface area contributed by atoms with Crippen LogP contribution in [0.4, 0.5) is 17.1 Å².